The molecule has 2 N–H and O–H groups in total. The van der Waals surface area contributed by atoms with Crippen molar-refractivity contribution in [3.63, 3.8) is 0 Å². The van der Waals surface area contributed by atoms with Crippen molar-refractivity contribution in [1.29, 1.82) is 0 Å². The summed E-state index contributed by atoms with van der Waals surface area (Å²) in [4.78, 5) is 0. The van der Waals surface area contributed by atoms with Gasteiger partial charge in [-0.25, -0.2) is 0 Å². The van der Waals surface area contributed by atoms with Crippen molar-refractivity contribution in [3.8, 4) is 11.5 Å². The smallest absolute Gasteiger partial charge is 0.130 e. The molecule has 0 fully saturated rings. The number of hydrogen-bond donors (Lipinski definition) is 1. The summed E-state index contributed by atoms with van der Waals surface area (Å²) in [6, 6.07) is 14.1. The molecule has 2 aromatic rings. The van der Waals surface area contributed by atoms with Crippen LogP contribution in [0.3, 0.4) is 0 Å². The van der Waals surface area contributed by atoms with E-state index >= 15 is 0 Å². The van der Waals surface area contributed by atoms with Gasteiger partial charge in [0, 0.05) is 11.0 Å². The van der Waals surface area contributed by atoms with Gasteiger partial charge < -0.3 is 10.5 Å². The molecule has 0 saturated carbocycles. The summed E-state index contributed by atoms with van der Waals surface area (Å²) in [5.41, 5.74) is 7.94. The predicted octanol–water partition coefficient (Wildman–Crippen LogP) is 4.82. The van der Waals surface area contributed by atoms with Crippen molar-refractivity contribution >= 4 is 15.9 Å². The summed E-state index contributed by atoms with van der Waals surface area (Å²) >= 11 is 3.48. The zero-order chi connectivity index (χ0) is 13.8. The minimum Gasteiger partial charge on any atom is -0.457 e. The standard InChI is InChI=1S/C16H18BrNO/c1-11(2)15-5-3-4-6-16(15)19-14-8-12(10-18)7-13(17)9-14/h3-9,11H,10,18H2,1-2H3. The summed E-state index contributed by atoms with van der Waals surface area (Å²) in [6.45, 7) is 4.82. The lowest BCUT2D eigenvalue weighted by atomic mass is 10.0. The van der Waals surface area contributed by atoms with Crippen molar-refractivity contribution in [2.45, 2.75) is 26.3 Å². The molecule has 0 unspecified atom stereocenters. The monoisotopic (exact) mass is 319 g/mol. The number of ether oxygens (including phenoxy) is 1. The molecule has 0 aliphatic rings. The molecule has 3 heteroatoms. The van der Waals surface area contributed by atoms with E-state index in [1.165, 1.54) is 5.56 Å². The molecule has 0 amide bonds. The first kappa shape index (κ1) is 14.1. The third-order valence-electron chi connectivity index (χ3n) is 2.94. The SMILES string of the molecule is CC(C)c1ccccc1Oc1cc(Br)cc(CN)c1. The van der Waals surface area contributed by atoms with Gasteiger partial charge in [0.15, 0.2) is 0 Å². The summed E-state index contributed by atoms with van der Waals surface area (Å²) in [7, 11) is 0. The molecule has 2 nitrogen and oxygen atoms in total. The van der Waals surface area contributed by atoms with Gasteiger partial charge in [0.25, 0.3) is 0 Å². The fourth-order valence-electron chi connectivity index (χ4n) is 1.97. The van der Waals surface area contributed by atoms with E-state index in [1.54, 1.807) is 0 Å². The molecule has 0 saturated heterocycles. The molecule has 0 aliphatic heterocycles. The van der Waals surface area contributed by atoms with Crippen LogP contribution in [0.25, 0.3) is 0 Å². The third kappa shape index (κ3) is 3.58. The summed E-state index contributed by atoms with van der Waals surface area (Å²) in [6.07, 6.45) is 0. The van der Waals surface area contributed by atoms with Crippen LogP contribution in [0.2, 0.25) is 0 Å². The van der Waals surface area contributed by atoms with Crippen LogP contribution in [-0.4, -0.2) is 0 Å². The van der Waals surface area contributed by atoms with E-state index in [2.05, 4.69) is 35.8 Å². The van der Waals surface area contributed by atoms with E-state index in [1.807, 2.05) is 36.4 Å². The number of hydrogen-bond acceptors (Lipinski definition) is 2. The zero-order valence-electron chi connectivity index (χ0n) is 11.2. The second-order valence-electron chi connectivity index (χ2n) is 4.79. The van der Waals surface area contributed by atoms with Gasteiger partial charge in [-0.05, 0) is 41.3 Å². The Kier molecular flexibility index (Phi) is 4.61. The maximum atomic E-state index is 6.01. The van der Waals surface area contributed by atoms with Crippen molar-refractivity contribution in [3.05, 3.63) is 58.1 Å². The Hall–Kier alpha value is -1.32. The Morgan fingerprint density at radius 3 is 2.58 bits per heavy atom. The van der Waals surface area contributed by atoms with Crippen molar-refractivity contribution in [1.82, 2.24) is 0 Å². The van der Waals surface area contributed by atoms with Gasteiger partial charge in [0.1, 0.15) is 11.5 Å². The molecule has 0 aromatic heterocycles. The molecule has 0 radical (unpaired) electrons. The van der Waals surface area contributed by atoms with Gasteiger partial charge in [0.05, 0.1) is 0 Å². The molecular weight excluding hydrogens is 302 g/mol. The predicted molar refractivity (Wildman–Crippen MR) is 82.6 cm³/mol. The van der Waals surface area contributed by atoms with Crippen molar-refractivity contribution in [2.75, 3.05) is 0 Å². The van der Waals surface area contributed by atoms with Gasteiger partial charge >= 0.3 is 0 Å². The number of para-hydroxylation sites is 1. The molecule has 2 aromatic carbocycles. The van der Waals surface area contributed by atoms with Crippen LogP contribution >= 0.6 is 15.9 Å². The molecule has 0 aliphatic carbocycles. The molecular formula is C16H18BrNO. The number of halogens is 1. The van der Waals surface area contributed by atoms with Crippen LogP contribution in [0.4, 0.5) is 0 Å². The highest BCUT2D eigenvalue weighted by Crippen LogP contribution is 2.32. The minimum absolute atomic E-state index is 0.428. The van der Waals surface area contributed by atoms with E-state index in [0.717, 1.165) is 21.5 Å². The number of benzene rings is 2. The summed E-state index contributed by atoms with van der Waals surface area (Å²) < 4.78 is 6.99. The fourth-order valence-corrected chi connectivity index (χ4v) is 2.49. The highest BCUT2D eigenvalue weighted by atomic mass is 79.9. The highest BCUT2D eigenvalue weighted by molar-refractivity contribution is 9.10. The first-order chi connectivity index (χ1) is 9.10. The van der Waals surface area contributed by atoms with Crippen LogP contribution in [0, 0.1) is 0 Å². The largest absolute Gasteiger partial charge is 0.457 e. The third-order valence-corrected chi connectivity index (χ3v) is 3.39. The van der Waals surface area contributed by atoms with Gasteiger partial charge in [0.2, 0.25) is 0 Å². The van der Waals surface area contributed by atoms with Gasteiger partial charge in [-0.15, -0.1) is 0 Å². The van der Waals surface area contributed by atoms with Gasteiger partial charge in [-0.2, -0.15) is 0 Å². The normalized spacial score (nSPS) is 10.8. The maximum absolute atomic E-state index is 6.01. The fraction of sp³-hybridized carbons (Fsp3) is 0.250. The second kappa shape index (κ2) is 6.22. The molecule has 2 rings (SSSR count). The lowest BCUT2D eigenvalue weighted by molar-refractivity contribution is 0.472. The summed E-state index contributed by atoms with van der Waals surface area (Å²) in [5.74, 6) is 2.14. The zero-order valence-corrected chi connectivity index (χ0v) is 12.8. The molecule has 0 bridgehead atoms. The lowest BCUT2D eigenvalue weighted by Gasteiger charge is -2.14. The maximum Gasteiger partial charge on any atom is 0.130 e. The number of rotatable bonds is 4. The minimum atomic E-state index is 0.428. The quantitative estimate of drug-likeness (QED) is 0.876. The van der Waals surface area contributed by atoms with Crippen LogP contribution in [-0.2, 0) is 6.54 Å². The van der Waals surface area contributed by atoms with E-state index in [9.17, 15) is 0 Å². The van der Waals surface area contributed by atoms with E-state index < -0.39 is 0 Å². The molecule has 19 heavy (non-hydrogen) atoms. The average molecular weight is 320 g/mol. The van der Waals surface area contributed by atoms with E-state index in [4.69, 9.17) is 10.5 Å². The van der Waals surface area contributed by atoms with Crippen LogP contribution < -0.4 is 10.5 Å². The van der Waals surface area contributed by atoms with Gasteiger partial charge in [-0.3, -0.25) is 0 Å². The Morgan fingerprint density at radius 2 is 1.89 bits per heavy atom. The van der Waals surface area contributed by atoms with Crippen molar-refractivity contribution < 1.29 is 4.74 Å². The first-order valence-corrected chi connectivity index (χ1v) is 7.15. The lowest BCUT2D eigenvalue weighted by Crippen LogP contribution is -1.98. The topological polar surface area (TPSA) is 35.2 Å². The molecule has 0 spiro atoms. The van der Waals surface area contributed by atoms with Crippen LogP contribution in [0.1, 0.15) is 30.9 Å². The Morgan fingerprint density at radius 1 is 1.16 bits per heavy atom. The Labute approximate surface area is 122 Å². The number of nitrogens with two attached hydrogens (primary N) is 1. The highest BCUT2D eigenvalue weighted by Gasteiger charge is 2.08. The Bertz CT molecular complexity index is 566. The van der Waals surface area contributed by atoms with Crippen LogP contribution in [0.15, 0.2) is 46.9 Å². The van der Waals surface area contributed by atoms with Crippen molar-refractivity contribution in [2.24, 2.45) is 5.73 Å². The van der Waals surface area contributed by atoms with Gasteiger partial charge in [-0.1, -0.05) is 48.0 Å². The summed E-state index contributed by atoms with van der Waals surface area (Å²) in [5, 5.41) is 0. The van der Waals surface area contributed by atoms with E-state index in [0.29, 0.717) is 12.5 Å². The molecule has 100 valence electrons. The second-order valence-corrected chi connectivity index (χ2v) is 5.71. The van der Waals surface area contributed by atoms with E-state index in [-0.39, 0.29) is 0 Å². The molecule has 0 atom stereocenters. The molecule has 0 heterocycles. The first-order valence-electron chi connectivity index (χ1n) is 6.36. The Balaban J connectivity index is 2.33. The average Bonchev–Trinajstić information content (AvgIpc) is 2.38. The van der Waals surface area contributed by atoms with Crippen LogP contribution in [0.5, 0.6) is 11.5 Å².